The second kappa shape index (κ2) is 8.39. The molecule has 2 aromatic rings. The van der Waals surface area contributed by atoms with E-state index < -0.39 is 27.7 Å². The van der Waals surface area contributed by atoms with Crippen LogP contribution >= 0.6 is 0 Å². The summed E-state index contributed by atoms with van der Waals surface area (Å²) < 4.78 is 66.5. The number of nitrogens with zero attached hydrogens (tertiary/aromatic N) is 1. The summed E-state index contributed by atoms with van der Waals surface area (Å²) in [5.74, 6) is -0.250. The molecule has 2 atom stereocenters. The van der Waals surface area contributed by atoms with Gasteiger partial charge in [0.05, 0.1) is 16.1 Å². The van der Waals surface area contributed by atoms with E-state index >= 15 is 0 Å². The average molecular weight is 440 g/mol. The van der Waals surface area contributed by atoms with E-state index in [0.717, 1.165) is 18.6 Å². The first-order chi connectivity index (χ1) is 14.0. The summed E-state index contributed by atoms with van der Waals surface area (Å²) in [6.45, 7) is 4.88. The molecule has 0 unspecified atom stereocenters. The predicted molar refractivity (Wildman–Crippen MR) is 108 cm³/mol. The Hall–Kier alpha value is -2.39. The lowest BCUT2D eigenvalue weighted by atomic mass is 9.94. The van der Waals surface area contributed by atoms with Gasteiger partial charge in [0, 0.05) is 18.7 Å². The number of carbonyl (C=O) groups is 1. The van der Waals surface area contributed by atoms with E-state index in [-0.39, 0.29) is 28.0 Å². The zero-order valence-electron chi connectivity index (χ0n) is 16.6. The average Bonchev–Trinajstić information content (AvgIpc) is 2.67. The number of anilines is 1. The minimum atomic E-state index is -4.61. The van der Waals surface area contributed by atoms with Crippen LogP contribution in [0.2, 0.25) is 0 Å². The minimum absolute atomic E-state index is 0.0519. The fourth-order valence-corrected chi connectivity index (χ4v) is 5.44. The number of sulfonamides is 1. The molecule has 1 aliphatic heterocycles. The van der Waals surface area contributed by atoms with Gasteiger partial charge in [-0.25, -0.2) is 8.42 Å². The van der Waals surface area contributed by atoms with Gasteiger partial charge in [0.15, 0.2) is 0 Å². The Morgan fingerprint density at radius 3 is 2.13 bits per heavy atom. The topological polar surface area (TPSA) is 66.5 Å². The Morgan fingerprint density at radius 1 is 1.00 bits per heavy atom. The van der Waals surface area contributed by atoms with Gasteiger partial charge < -0.3 is 5.32 Å². The van der Waals surface area contributed by atoms with E-state index in [4.69, 9.17) is 0 Å². The zero-order valence-corrected chi connectivity index (χ0v) is 17.4. The summed E-state index contributed by atoms with van der Waals surface area (Å²) in [4.78, 5) is 12.5. The maximum absolute atomic E-state index is 13.1. The Bertz CT molecular complexity index is 1010. The molecule has 0 radical (unpaired) electrons. The van der Waals surface area contributed by atoms with Crippen molar-refractivity contribution in [2.45, 2.75) is 31.3 Å². The van der Waals surface area contributed by atoms with Crippen LogP contribution in [0.1, 0.15) is 36.2 Å². The highest BCUT2D eigenvalue weighted by molar-refractivity contribution is 7.89. The predicted octanol–water partition coefficient (Wildman–Crippen LogP) is 4.62. The fourth-order valence-electron chi connectivity index (χ4n) is 3.76. The molecule has 0 saturated carbocycles. The first-order valence-electron chi connectivity index (χ1n) is 9.56. The van der Waals surface area contributed by atoms with Gasteiger partial charge in [-0.05, 0) is 54.7 Å². The summed E-state index contributed by atoms with van der Waals surface area (Å²) in [5.41, 5.74) is -1.25. The molecule has 0 spiro atoms. The summed E-state index contributed by atoms with van der Waals surface area (Å²) in [6.07, 6.45) is -3.64. The number of alkyl halides is 3. The first kappa shape index (κ1) is 22.3. The number of amides is 1. The van der Waals surface area contributed by atoms with Crippen molar-refractivity contribution in [3.05, 3.63) is 59.7 Å². The molecule has 0 bridgehead atoms. The summed E-state index contributed by atoms with van der Waals surface area (Å²) in [5, 5.41) is 2.25. The molecule has 1 aliphatic rings. The lowest BCUT2D eigenvalue weighted by Crippen LogP contribution is -2.42. The van der Waals surface area contributed by atoms with Crippen LogP contribution < -0.4 is 5.32 Å². The second-order valence-corrected chi connectivity index (χ2v) is 9.73. The van der Waals surface area contributed by atoms with E-state index in [2.05, 4.69) is 5.32 Å². The summed E-state index contributed by atoms with van der Waals surface area (Å²) in [7, 11) is -3.70. The summed E-state index contributed by atoms with van der Waals surface area (Å²) in [6, 6.07) is 9.89. The third kappa shape index (κ3) is 4.84. The van der Waals surface area contributed by atoms with Crippen molar-refractivity contribution in [1.29, 1.82) is 0 Å². The maximum atomic E-state index is 13.1. The molecule has 5 nitrogen and oxygen atoms in total. The zero-order chi connectivity index (χ0) is 22.1. The minimum Gasteiger partial charge on any atom is -0.321 e. The van der Waals surface area contributed by atoms with Crippen LogP contribution in [-0.4, -0.2) is 31.7 Å². The van der Waals surface area contributed by atoms with Gasteiger partial charge in [0.1, 0.15) is 0 Å². The Morgan fingerprint density at radius 2 is 1.57 bits per heavy atom. The third-order valence-corrected chi connectivity index (χ3v) is 6.92. The number of benzene rings is 2. The lowest BCUT2D eigenvalue weighted by Gasteiger charge is -2.34. The van der Waals surface area contributed by atoms with Crippen LogP contribution in [0.25, 0.3) is 0 Å². The number of hydrogen-bond acceptors (Lipinski definition) is 3. The molecular weight excluding hydrogens is 417 g/mol. The van der Waals surface area contributed by atoms with Crippen molar-refractivity contribution in [2.24, 2.45) is 11.8 Å². The van der Waals surface area contributed by atoms with E-state index in [1.54, 1.807) is 0 Å². The molecule has 1 N–H and O–H groups in total. The molecule has 1 heterocycles. The largest absolute Gasteiger partial charge is 0.418 e. The Kier molecular flexibility index (Phi) is 6.24. The van der Waals surface area contributed by atoms with Crippen molar-refractivity contribution >= 4 is 21.6 Å². The molecule has 1 fully saturated rings. The van der Waals surface area contributed by atoms with Crippen LogP contribution in [0.5, 0.6) is 0 Å². The number of para-hydroxylation sites is 1. The van der Waals surface area contributed by atoms with Gasteiger partial charge in [-0.3, -0.25) is 4.79 Å². The molecule has 1 amide bonds. The van der Waals surface area contributed by atoms with E-state index in [1.807, 2.05) is 13.8 Å². The van der Waals surface area contributed by atoms with Gasteiger partial charge in [-0.1, -0.05) is 26.0 Å². The molecule has 162 valence electrons. The van der Waals surface area contributed by atoms with Crippen LogP contribution in [0.4, 0.5) is 18.9 Å². The van der Waals surface area contributed by atoms with E-state index in [9.17, 15) is 26.4 Å². The van der Waals surface area contributed by atoms with Crippen LogP contribution in [-0.2, 0) is 16.2 Å². The SMILES string of the molecule is C[C@H]1C[C@H](C)CN(S(=O)(=O)c2ccc(C(=O)Nc3ccccc3C(F)(F)F)cc2)C1. The molecule has 0 aromatic heterocycles. The van der Waals surface area contributed by atoms with Gasteiger partial charge in [-0.2, -0.15) is 17.5 Å². The molecular formula is C21H23F3N2O3S. The van der Waals surface area contributed by atoms with Gasteiger partial charge in [0.2, 0.25) is 10.0 Å². The van der Waals surface area contributed by atoms with Crippen molar-refractivity contribution in [3.63, 3.8) is 0 Å². The van der Waals surface area contributed by atoms with Crippen molar-refractivity contribution in [3.8, 4) is 0 Å². The molecule has 9 heteroatoms. The van der Waals surface area contributed by atoms with Crippen LogP contribution in [0.3, 0.4) is 0 Å². The molecule has 1 saturated heterocycles. The summed E-state index contributed by atoms with van der Waals surface area (Å²) >= 11 is 0. The molecule has 3 rings (SSSR count). The lowest BCUT2D eigenvalue weighted by molar-refractivity contribution is -0.136. The number of piperidine rings is 1. The van der Waals surface area contributed by atoms with Gasteiger partial charge >= 0.3 is 6.18 Å². The van der Waals surface area contributed by atoms with Gasteiger partial charge in [-0.15, -0.1) is 0 Å². The van der Waals surface area contributed by atoms with Crippen LogP contribution in [0.15, 0.2) is 53.4 Å². The highest BCUT2D eigenvalue weighted by atomic mass is 32.2. The fraction of sp³-hybridized carbons (Fsp3) is 0.381. The van der Waals surface area contributed by atoms with Gasteiger partial charge in [0.25, 0.3) is 5.91 Å². The molecule has 30 heavy (non-hydrogen) atoms. The molecule has 0 aliphatic carbocycles. The smallest absolute Gasteiger partial charge is 0.321 e. The Labute approximate surface area is 173 Å². The number of rotatable bonds is 4. The Balaban J connectivity index is 1.78. The van der Waals surface area contributed by atoms with Crippen molar-refractivity contribution in [1.82, 2.24) is 4.31 Å². The quantitative estimate of drug-likeness (QED) is 0.754. The first-order valence-corrected chi connectivity index (χ1v) is 11.0. The number of carbonyl (C=O) groups excluding carboxylic acids is 1. The normalized spacial score (nSPS) is 20.7. The highest BCUT2D eigenvalue weighted by Gasteiger charge is 2.34. The van der Waals surface area contributed by atoms with Crippen LogP contribution in [0, 0.1) is 11.8 Å². The second-order valence-electron chi connectivity index (χ2n) is 7.79. The standard InChI is InChI=1S/C21H23F3N2O3S/c1-14-11-15(2)13-26(12-14)30(28,29)17-9-7-16(8-10-17)20(27)25-19-6-4-3-5-18(19)21(22,23)24/h3-10,14-15H,11-13H2,1-2H3,(H,25,27)/t14-,15-/m0/s1. The molecule has 2 aromatic carbocycles. The number of nitrogens with one attached hydrogen (secondary N) is 1. The third-order valence-electron chi connectivity index (χ3n) is 5.07. The van der Waals surface area contributed by atoms with E-state index in [1.165, 1.54) is 40.7 Å². The monoisotopic (exact) mass is 440 g/mol. The van der Waals surface area contributed by atoms with Crippen molar-refractivity contribution < 1.29 is 26.4 Å². The maximum Gasteiger partial charge on any atom is 0.418 e. The van der Waals surface area contributed by atoms with E-state index in [0.29, 0.717) is 13.1 Å². The number of hydrogen-bond donors (Lipinski definition) is 1. The highest BCUT2D eigenvalue weighted by Crippen LogP contribution is 2.34. The number of halogens is 3. The van der Waals surface area contributed by atoms with Crippen molar-refractivity contribution in [2.75, 3.05) is 18.4 Å².